The number of amides is 3. The number of Topliss-reactive ketones (excluding diaryl/α,β-unsaturated/α-hetero) is 1. The van der Waals surface area contributed by atoms with Crippen LogP contribution in [0.25, 0.3) is 11.0 Å². The molecule has 1 aliphatic rings. The van der Waals surface area contributed by atoms with E-state index in [1.165, 1.54) is 11.0 Å². The predicted octanol–water partition coefficient (Wildman–Crippen LogP) is 3.59. The number of ether oxygens (including phenoxy) is 1. The number of hydrogen-bond acceptors (Lipinski definition) is 6. The number of benzene rings is 2. The highest BCUT2D eigenvalue weighted by Gasteiger charge is 2.34. The van der Waals surface area contributed by atoms with Crippen molar-refractivity contribution in [1.29, 1.82) is 0 Å². The number of aryl methyl sites for hydroxylation is 1. The quantitative estimate of drug-likeness (QED) is 0.540. The Morgan fingerprint density at radius 2 is 1.91 bits per heavy atom. The zero-order valence-corrected chi connectivity index (χ0v) is 18.7. The number of fused-ring (bicyclic) bond motifs is 1. The maximum absolute atomic E-state index is 12.9. The van der Waals surface area contributed by atoms with E-state index in [1.807, 2.05) is 37.3 Å². The summed E-state index contributed by atoms with van der Waals surface area (Å²) in [6.07, 6.45) is 0.492. The van der Waals surface area contributed by atoms with Crippen LogP contribution in [0, 0.1) is 6.92 Å². The maximum atomic E-state index is 12.9. The number of urea groups is 1. The number of nitrogens with one attached hydrogen (secondary N) is 2. The second kappa shape index (κ2) is 10.2. The lowest BCUT2D eigenvalue weighted by atomic mass is 10.1. The average Bonchev–Trinajstić information content (AvgIpc) is 3.32. The van der Waals surface area contributed by atoms with Crippen LogP contribution in [-0.2, 0) is 16.1 Å². The summed E-state index contributed by atoms with van der Waals surface area (Å²) >= 11 is 0. The molecular formula is C25H25N3O6. The van der Waals surface area contributed by atoms with Gasteiger partial charge in [-0.2, -0.15) is 0 Å². The van der Waals surface area contributed by atoms with Crippen molar-refractivity contribution in [2.75, 3.05) is 18.4 Å². The smallest absolute Gasteiger partial charge is 0.407 e. The van der Waals surface area contributed by atoms with Crippen molar-refractivity contribution in [1.82, 2.24) is 10.2 Å². The zero-order chi connectivity index (χ0) is 24.1. The third-order valence-electron chi connectivity index (χ3n) is 5.71. The molecular weight excluding hydrogens is 438 g/mol. The van der Waals surface area contributed by atoms with E-state index >= 15 is 0 Å². The summed E-state index contributed by atoms with van der Waals surface area (Å²) in [7, 11) is 0. The molecule has 34 heavy (non-hydrogen) atoms. The van der Waals surface area contributed by atoms with Crippen molar-refractivity contribution < 1.29 is 23.5 Å². The molecule has 3 aromatic rings. The SMILES string of the molecule is Cc1cc(=O)oc2cc(NC(=O)N3CCC[C@@H]3C(=O)CNC(=O)OCc3ccccc3)ccc12. The van der Waals surface area contributed by atoms with Crippen molar-refractivity contribution in [2.24, 2.45) is 0 Å². The van der Waals surface area contributed by atoms with E-state index in [9.17, 15) is 19.2 Å². The number of anilines is 1. The Morgan fingerprint density at radius 1 is 1.12 bits per heavy atom. The van der Waals surface area contributed by atoms with Gasteiger partial charge in [0.25, 0.3) is 0 Å². The standard InChI is InChI=1S/C25H25N3O6/c1-16-12-23(30)34-22-13-18(9-10-19(16)22)27-24(31)28-11-5-8-20(28)21(29)14-26-25(32)33-15-17-6-3-2-4-7-17/h2-4,6-7,9-10,12-13,20H,5,8,11,14-15H2,1H3,(H,26,32)(H,27,31)/t20-/m1/s1. The molecule has 2 aromatic carbocycles. The first kappa shape index (κ1) is 23.0. The van der Waals surface area contributed by atoms with Crippen LogP contribution in [0.5, 0.6) is 0 Å². The number of carbonyl (C=O) groups is 3. The molecule has 0 radical (unpaired) electrons. The van der Waals surface area contributed by atoms with Crippen molar-refractivity contribution >= 4 is 34.6 Å². The Hall–Kier alpha value is -4.14. The lowest BCUT2D eigenvalue weighted by Gasteiger charge is -2.24. The van der Waals surface area contributed by atoms with Crippen LogP contribution in [-0.4, -0.2) is 41.9 Å². The van der Waals surface area contributed by atoms with Gasteiger partial charge in [0.2, 0.25) is 0 Å². The molecule has 9 heteroatoms. The fourth-order valence-electron chi connectivity index (χ4n) is 3.99. The van der Waals surface area contributed by atoms with Crippen molar-refractivity contribution in [3.8, 4) is 0 Å². The first-order valence-corrected chi connectivity index (χ1v) is 11.0. The topological polar surface area (TPSA) is 118 Å². The van der Waals surface area contributed by atoms with Gasteiger partial charge >= 0.3 is 17.7 Å². The third kappa shape index (κ3) is 5.43. The van der Waals surface area contributed by atoms with Gasteiger partial charge in [0.1, 0.15) is 12.2 Å². The number of likely N-dealkylation sites (tertiary alicyclic amines) is 1. The molecule has 1 aromatic heterocycles. The van der Waals surface area contributed by atoms with E-state index in [4.69, 9.17) is 9.15 Å². The monoisotopic (exact) mass is 463 g/mol. The summed E-state index contributed by atoms with van der Waals surface area (Å²) in [6.45, 7) is 2.10. The normalized spacial score (nSPS) is 15.2. The van der Waals surface area contributed by atoms with E-state index < -0.39 is 23.8 Å². The molecule has 0 saturated carbocycles. The molecule has 1 aliphatic heterocycles. The fraction of sp³-hybridized carbons (Fsp3) is 0.280. The maximum Gasteiger partial charge on any atom is 0.407 e. The Balaban J connectivity index is 1.32. The number of alkyl carbamates (subject to hydrolysis) is 1. The first-order chi connectivity index (χ1) is 16.4. The van der Waals surface area contributed by atoms with Crippen LogP contribution < -0.4 is 16.3 Å². The lowest BCUT2D eigenvalue weighted by molar-refractivity contribution is -0.121. The van der Waals surface area contributed by atoms with Gasteiger partial charge in [-0.05, 0) is 43.0 Å². The highest BCUT2D eigenvalue weighted by molar-refractivity contribution is 5.97. The minimum atomic E-state index is -0.695. The lowest BCUT2D eigenvalue weighted by Crippen LogP contribution is -2.46. The van der Waals surface area contributed by atoms with Crippen LogP contribution in [0.4, 0.5) is 15.3 Å². The summed E-state index contributed by atoms with van der Waals surface area (Å²) in [6, 6.07) is 14.6. The van der Waals surface area contributed by atoms with Gasteiger partial charge in [-0.25, -0.2) is 14.4 Å². The van der Waals surface area contributed by atoms with Gasteiger partial charge in [-0.3, -0.25) is 4.79 Å². The molecule has 3 amide bonds. The molecule has 0 spiro atoms. The second-order valence-electron chi connectivity index (χ2n) is 8.12. The summed E-state index contributed by atoms with van der Waals surface area (Å²) < 4.78 is 10.3. The molecule has 0 unspecified atom stereocenters. The van der Waals surface area contributed by atoms with Crippen molar-refractivity contribution in [2.45, 2.75) is 32.4 Å². The number of hydrogen-bond donors (Lipinski definition) is 2. The fourth-order valence-corrected chi connectivity index (χ4v) is 3.99. The largest absolute Gasteiger partial charge is 0.445 e. The van der Waals surface area contributed by atoms with Crippen LogP contribution >= 0.6 is 0 Å². The van der Waals surface area contributed by atoms with E-state index in [-0.39, 0.29) is 18.9 Å². The average molecular weight is 463 g/mol. The molecule has 0 bridgehead atoms. The summed E-state index contributed by atoms with van der Waals surface area (Å²) in [4.78, 5) is 50.6. The molecule has 0 aliphatic carbocycles. The Labute approximate surface area is 195 Å². The number of carbonyl (C=O) groups excluding carboxylic acids is 3. The number of nitrogens with zero attached hydrogens (tertiary/aromatic N) is 1. The third-order valence-corrected chi connectivity index (χ3v) is 5.71. The van der Waals surface area contributed by atoms with Gasteiger partial charge in [0.15, 0.2) is 5.78 Å². The summed E-state index contributed by atoms with van der Waals surface area (Å²) in [5.74, 6) is -0.274. The van der Waals surface area contributed by atoms with Gasteiger partial charge in [0.05, 0.1) is 12.6 Å². The molecule has 176 valence electrons. The van der Waals surface area contributed by atoms with Gasteiger partial charge in [-0.15, -0.1) is 0 Å². The van der Waals surface area contributed by atoms with Crippen molar-refractivity contribution in [3.63, 3.8) is 0 Å². The molecule has 1 fully saturated rings. The highest BCUT2D eigenvalue weighted by Crippen LogP contribution is 2.23. The van der Waals surface area contributed by atoms with E-state index in [1.54, 1.807) is 18.2 Å². The van der Waals surface area contributed by atoms with E-state index in [0.29, 0.717) is 30.7 Å². The molecule has 1 atom stereocenters. The Kier molecular flexibility index (Phi) is 6.91. The molecule has 1 saturated heterocycles. The van der Waals surface area contributed by atoms with Gasteiger partial charge in [-0.1, -0.05) is 30.3 Å². The first-order valence-electron chi connectivity index (χ1n) is 11.0. The van der Waals surface area contributed by atoms with Crippen LogP contribution in [0.3, 0.4) is 0 Å². The Bertz CT molecular complexity index is 1270. The number of rotatable bonds is 6. The molecule has 4 rings (SSSR count). The van der Waals surface area contributed by atoms with Crippen LogP contribution in [0.1, 0.15) is 24.0 Å². The summed E-state index contributed by atoms with van der Waals surface area (Å²) in [5, 5.41) is 6.00. The van der Waals surface area contributed by atoms with Crippen LogP contribution in [0.15, 0.2) is 63.8 Å². The zero-order valence-electron chi connectivity index (χ0n) is 18.7. The minimum Gasteiger partial charge on any atom is -0.445 e. The molecule has 2 N–H and O–H groups in total. The van der Waals surface area contributed by atoms with Crippen LogP contribution in [0.2, 0.25) is 0 Å². The minimum absolute atomic E-state index is 0.101. The molecule has 9 nitrogen and oxygen atoms in total. The predicted molar refractivity (Wildman–Crippen MR) is 126 cm³/mol. The van der Waals surface area contributed by atoms with Gasteiger partial charge in [0, 0.05) is 29.8 Å². The summed E-state index contributed by atoms with van der Waals surface area (Å²) in [5.41, 5.74) is 1.98. The van der Waals surface area contributed by atoms with Crippen molar-refractivity contribution in [3.05, 3.63) is 76.1 Å². The van der Waals surface area contributed by atoms with E-state index in [2.05, 4.69) is 10.6 Å². The highest BCUT2D eigenvalue weighted by atomic mass is 16.5. The molecule has 2 heterocycles. The van der Waals surface area contributed by atoms with E-state index in [0.717, 1.165) is 16.5 Å². The Morgan fingerprint density at radius 3 is 2.71 bits per heavy atom. The second-order valence-corrected chi connectivity index (χ2v) is 8.12. The number of ketones is 1. The van der Waals surface area contributed by atoms with Gasteiger partial charge < -0.3 is 24.7 Å².